The lowest BCUT2D eigenvalue weighted by Gasteiger charge is -2.21. The fraction of sp³-hybridized carbons (Fsp3) is 0.625. The quantitative estimate of drug-likeness (QED) is 0.920. The molecule has 3 rings (SSSR count). The molecule has 1 N–H and O–H groups in total. The lowest BCUT2D eigenvalue weighted by molar-refractivity contribution is 0.327. The Morgan fingerprint density at radius 1 is 1.33 bits per heavy atom. The maximum Gasteiger partial charge on any atom is 0.0849 e. The van der Waals surface area contributed by atoms with Crippen molar-refractivity contribution >= 4 is 0 Å². The fourth-order valence-corrected chi connectivity index (χ4v) is 3.03. The molecule has 0 aliphatic heterocycles. The van der Waals surface area contributed by atoms with Gasteiger partial charge < -0.3 is 5.32 Å². The van der Waals surface area contributed by atoms with E-state index in [-0.39, 0.29) is 0 Å². The zero-order chi connectivity index (χ0) is 14.7. The van der Waals surface area contributed by atoms with Crippen molar-refractivity contribution in [2.24, 2.45) is 0 Å². The number of hydrogen-bond donors (Lipinski definition) is 1. The Hall–Kier alpha value is -1.62. The van der Waals surface area contributed by atoms with Gasteiger partial charge in [0.25, 0.3) is 0 Å². The minimum atomic E-state index is 0.332. The van der Waals surface area contributed by atoms with Crippen molar-refractivity contribution in [3.05, 3.63) is 35.9 Å². The van der Waals surface area contributed by atoms with E-state index in [9.17, 15) is 0 Å². The molecule has 2 aromatic heterocycles. The molecule has 0 saturated heterocycles. The second-order valence-electron chi connectivity index (χ2n) is 6.06. The van der Waals surface area contributed by atoms with Crippen LogP contribution in [0.1, 0.15) is 62.4 Å². The molecule has 5 nitrogen and oxygen atoms in total. The first-order chi connectivity index (χ1) is 10.3. The van der Waals surface area contributed by atoms with Crippen molar-refractivity contribution in [1.82, 2.24) is 24.9 Å². The predicted molar refractivity (Wildman–Crippen MR) is 83.2 cm³/mol. The highest BCUT2D eigenvalue weighted by atomic mass is 15.3. The molecule has 21 heavy (non-hydrogen) atoms. The summed E-state index contributed by atoms with van der Waals surface area (Å²) in [4.78, 5) is 0. The Morgan fingerprint density at radius 3 is 2.90 bits per heavy atom. The lowest BCUT2D eigenvalue weighted by atomic mass is 9.96. The van der Waals surface area contributed by atoms with Gasteiger partial charge in [-0.3, -0.25) is 9.36 Å². The Labute approximate surface area is 126 Å². The summed E-state index contributed by atoms with van der Waals surface area (Å²) in [7, 11) is 1.97. The molecule has 5 heteroatoms. The number of nitrogens with one attached hydrogen (secondary N) is 1. The van der Waals surface area contributed by atoms with Crippen molar-refractivity contribution in [2.75, 3.05) is 7.05 Å². The van der Waals surface area contributed by atoms with Gasteiger partial charge >= 0.3 is 0 Å². The average molecular weight is 287 g/mol. The number of rotatable bonds is 5. The van der Waals surface area contributed by atoms with E-state index in [1.807, 2.05) is 17.9 Å². The molecule has 1 unspecified atom stereocenters. The maximum absolute atomic E-state index is 4.74. The molecule has 2 heterocycles. The van der Waals surface area contributed by atoms with Crippen molar-refractivity contribution in [3.8, 4) is 0 Å². The summed E-state index contributed by atoms with van der Waals surface area (Å²) < 4.78 is 4.13. The Balaban J connectivity index is 1.65. The van der Waals surface area contributed by atoms with Gasteiger partial charge in [-0.15, -0.1) is 0 Å². The molecular formula is C16H25N5. The third-order valence-corrected chi connectivity index (χ3v) is 4.52. The SMILES string of the molecule is CNC(C)c1cnn(Cc2ccn(C3CCCCC3)n2)c1. The first-order valence-corrected chi connectivity index (χ1v) is 8.00. The van der Waals surface area contributed by atoms with Crippen LogP contribution in [0.25, 0.3) is 0 Å². The van der Waals surface area contributed by atoms with E-state index < -0.39 is 0 Å². The van der Waals surface area contributed by atoms with Gasteiger partial charge in [0.15, 0.2) is 0 Å². The molecule has 1 aliphatic carbocycles. The summed E-state index contributed by atoms with van der Waals surface area (Å²) in [6.07, 6.45) is 12.8. The van der Waals surface area contributed by atoms with Crippen LogP contribution in [-0.4, -0.2) is 26.6 Å². The molecular weight excluding hydrogens is 262 g/mol. The molecule has 1 fully saturated rings. The van der Waals surface area contributed by atoms with Crippen LogP contribution in [0, 0.1) is 0 Å². The third-order valence-electron chi connectivity index (χ3n) is 4.52. The molecule has 0 radical (unpaired) electrons. The van der Waals surface area contributed by atoms with E-state index in [1.54, 1.807) is 0 Å². The van der Waals surface area contributed by atoms with E-state index >= 15 is 0 Å². The third kappa shape index (κ3) is 3.35. The van der Waals surface area contributed by atoms with Crippen LogP contribution >= 0.6 is 0 Å². The van der Waals surface area contributed by atoms with Crippen LogP contribution in [0.15, 0.2) is 24.7 Å². The van der Waals surface area contributed by atoms with E-state index in [2.05, 4.69) is 40.5 Å². The standard InChI is InChI=1S/C16H25N5/c1-13(17-2)14-10-18-20(11-14)12-15-8-9-21(19-15)16-6-4-3-5-7-16/h8-11,13,16-17H,3-7,12H2,1-2H3. The van der Waals surface area contributed by atoms with Gasteiger partial charge in [0.1, 0.15) is 0 Å². The van der Waals surface area contributed by atoms with Gasteiger partial charge in [-0.05, 0) is 32.9 Å². The Bertz CT molecular complexity index is 565. The normalized spacial score (nSPS) is 18.0. The summed E-state index contributed by atoms with van der Waals surface area (Å²) in [6.45, 7) is 2.88. The van der Waals surface area contributed by atoms with Crippen LogP contribution in [-0.2, 0) is 6.54 Å². The molecule has 114 valence electrons. The van der Waals surface area contributed by atoms with Crippen LogP contribution < -0.4 is 5.32 Å². The second kappa shape index (κ2) is 6.43. The zero-order valence-electron chi connectivity index (χ0n) is 13.0. The van der Waals surface area contributed by atoms with Gasteiger partial charge in [0, 0.05) is 24.0 Å². The van der Waals surface area contributed by atoms with E-state index in [0.29, 0.717) is 12.1 Å². The molecule has 0 spiro atoms. The van der Waals surface area contributed by atoms with E-state index in [4.69, 9.17) is 5.10 Å². The summed E-state index contributed by atoms with van der Waals surface area (Å²) in [5.41, 5.74) is 2.30. The van der Waals surface area contributed by atoms with Crippen LogP contribution in [0.4, 0.5) is 0 Å². The van der Waals surface area contributed by atoms with Crippen LogP contribution in [0.2, 0.25) is 0 Å². The predicted octanol–water partition coefficient (Wildman–Crippen LogP) is 2.91. The van der Waals surface area contributed by atoms with Gasteiger partial charge in [-0.25, -0.2) is 0 Å². The Kier molecular flexibility index (Phi) is 4.39. The zero-order valence-corrected chi connectivity index (χ0v) is 13.0. The van der Waals surface area contributed by atoms with Crippen molar-refractivity contribution in [2.45, 2.75) is 57.7 Å². The van der Waals surface area contributed by atoms with Gasteiger partial charge in [-0.1, -0.05) is 19.3 Å². The number of hydrogen-bond acceptors (Lipinski definition) is 3. The largest absolute Gasteiger partial charge is 0.313 e. The molecule has 2 aromatic rings. The summed E-state index contributed by atoms with van der Waals surface area (Å²) in [5, 5.41) is 12.4. The topological polar surface area (TPSA) is 47.7 Å². The second-order valence-corrected chi connectivity index (χ2v) is 6.06. The lowest BCUT2D eigenvalue weighted by Crippen LogP contribution is -2.14. The van der Waals surface area contributed by atoms with Crippen LogP contribution in [0.5, 0.6) is 0 Å². The number of nitrogens with zero attached hydrogens (tertiary/aromatic N) is 4. The highest BCUT2D eigenvalue weighted by Crippen LogP contribution is 2.27. The highest BCUT2D eigenvalue weighted by molar-refractivity contribution is 5.10. The summed E-state index contributed by atoms with van der Waals surface area (Å²) in [6, 6.07) is 3.06. The molecule has 1 saturated carbocycles. The van der Waals surface area contributed by atoms with Crippen molar-refractivity contribution < 1.29 is 0 Å². The van der Waals surface area contributed by atoms with Crippen molar-refractivity contribution in [3.63, 3.8) is 0 Å². The monoisotopic (exact) mass is 287 g/mol. The highest BCUT2D eigenvalue weighted by Gasteiger charge is 2.16. The molecule has 1 atom stereocenters. The fourth-order valence-electron chi connectivity index (χ4n) is 3.03. The van der Waals surface area contributed by atoms with Crippen molar-refractivity contribution in [1.29, 1.82) is 0 Å². The first kappa shape index (κ1) is 14.3. The minimum Gasteiger partial charge on any atom is -0.313 e. The molecule has 1 aliphatic rings. The summed E-state index contributed by atoms with van der Waals surface area (Å²) in [5.74, 6) is 0. The first-order valence-electron chi connectivity index (χ1n) is 8.00. The Morgan fingerprint density at radius 2 is 2.14 bits per heavy atom. The number of aromatic nitrogens is 4. The van der Waals surface area contributed by atoms with Crippen LogP contribution in [0.3, 0.4) is 0 Å². The molecule has 0 aromatic carbocycles. The van der Waals surface area contributed by atoms with Gasteiger partial charge in [-0.2, -0.15) is 10.2 Å². The average Bonchev–Trinajstić information content (AvgIpc) is 3.17. The smallest absolute Gasteiger partial charge is 0.0849 e. The minimum absolute atomic E-state index is 0.332. The van der Waals surface area contributed by atoms with E-state index in [0.717, 1.165) is 12.2 Å². The maximum atomic E-state index is 4.74. The van der Waals surface area contributed by atoms with E-state index in [1.165, 1.54) is 37.7 Å². The summed E-state index contributed by atoms with van der Waals surface area (Å²) >= 11 is 0. The van der Waals surface area contributed by atoms with Gasteiger partial charge in [0.2, 0.25) is 0 Å². The van der Waals surface area contributed by atoms with Gasteiger partial charge in [0.05, 0.1) is 24.5 Å². The molecule has 0 amide bonds. The molecule has 0 bridgehead atoms.